The first kappa shape index (κ1) is 27.4. The van der Waals surface area contributed by atoms with Crippen LogP contribution in [0.15, 0.2) is 60.8 Å². The summed E-state index contributed by atoms with van der Waals surface area (Å²) in [7, 11) is 0. The smallest absolute Gasteiger partial charge is 0.424 e. The van der Waals surface area contributed by atoms with E-state index in [1.807, 2.05) is 0 Å². The van der Waals surface area contributed by atoms with Crippen molar-refractivity contribution in [3.63, 3.8) is 0 Å². The number of pyridine rings is 2. The zero-order chi connectivity index (χ0) is 28.9. The number of nitrogens with zero attached hydrogens (tertiary/aromatic N) is 2. The molecule has 3 heterocycles. The van der Waals surface area contributed by atoms with Crippen LogP contribution in [0.4, 0.5) is 22.0 Å². The highest BCUT2D eigenvalue weighted by molar-refractivity contribution is 5.98. The Balaban J connectivity index is 1.53. The number of fused-ring (bicyclic) bond motifs is 2. The van der Waals surface area contributed by atoms with E-state index in [0.717, 1.165) is 18.2 Å². The van der Waals surface area contributed by atoms with Gasteiger partial charge in [0.2, 0.25) is 5.60 Å². The van der Waals surface area contributed by atoms with Crippen molar-refractivity contribution in [3.8, 4) is 17.0 Å². The number of carbonyl (C=O) groups is 1. The molecule has 0 saturated heterocycles. The van der Waals surface area contributed by atoms with Crippen LogP contribution in [0.1, 0.15) is 41.0 Å². The van der Waals surface area contributed by atoms with E-state index >= 15 is 0 Å². The summed E-state index contributed by atoms with van der Waals surface area (Å²) < 4.78 is 75.9. The average Bonchev–Trinajstić information content (AvgIpc) is 3.24. The minimum absolute atomic E-state index is 0.00159. The van der Waals surface area contributed by atoms with Gasteiger partial charge in [0, 0.05) is 39.3 Å². The van der Waals surface area contributed by atoms with E-state index in [2.05, 4.69) is 15.3 Å². The molecule has 2 N–H and O–H groups in total. The van der Waals surface area contributed by atoms with Crippen LogP contribution < -0.4 is 10.1 Å². The Hall–Kier alpha value is -4.12. The summed E-state index contributed by atoms with van der Waals surface area (Å²) in [6.07, 6.45) is -3.89. The van der Waals surface area contributed by atoms with Crippen molar-refractivity contribution in [3.05, 3.63) is 89.0 Å². The van der Waals surface area contributed by atoms with Gasteiger partial charge in [0.1, 0.15) is 23.9 Å². The molecule has 0 radical (unpaired) electrons. The van der Waals surface area contributed by atoms with Crippen LogP contribution in [0.2, 0.25) is 0 Å². The molecule has 2 aromatic heterocycles. The molecule has 5 rings (SSSR count). The summed E-state index contributed by atoms with van der Waals surface area (Å²) in [5.41, 5.74) is -3.59. The van der Waals surface area contributed by atoms with E-state index in [-0.39, 0.29) is 29.2 Å². The second-order valence-corrected chi connectivity index (χ2v) is 10.3. The third-order valence-electron chi connectivity index (χ3n) is 6.95. The fourth-order valence-electron chi connectivity index (χ4n) is 4.57. The molecule has 0 bridgehead atoms. The topological polar surface area (TPSA) is 84.3 Å². The van der Waals surface area contributed by atoms with Crippen LogP contribution >= 0.6 is 0 Å². The quantitative estimate of drug-likeness (QED) is 0.295. The van der Waals surface area contributed by atoms with Crippen LogP contribution in [0, 0.1) is 5.82 Å². The Morgan fingerprint density at radius 1 is 1.10 bits per heavy atom. The van der Waals surface area contributed by atoms with Crippen LogP contribution in [0.5, 0.6) is 5.75 Å². The third kappa shape index (κ3) is 4.85. The predicted molar refractivity (Wildman–Crippen MR) is 137 cm³/mol. The molecule has 1 amide bonds. The van der Waals surface area contributed by atoms with Crippen molar-refractivity contribution in [2.45, 2.75) is 37.7 Å². The number of hydrogen-bond donors (Lipinski definition) is 2. The van der Waals surface area contributed by atoms with E-state index in [1.54, 1.807) is 13.8 Å². The number of benzene rings is 2. The standard InChI is InChI=1S/C29H24F5N3O3/c1-27(2)15-40-25-21(27)11-23(37-24(25)17-3-6-20(31)7-4-17)28(39,29(32,33)34)14-36-26(38)18-5-8-22-19(10-18)9-16(12-30)13-35-22/h3-11,13,39H,12,14-15H2,1-2H3,(H,36,38)/t28-/m0/s1. The Morgan fingerprint density at radius 2 is 1.82 bits per heavy atom. The van der Waals surface area contributed by atoms with E-state index in [9.17, 15) is 31.9 Å². The second-order valence-electron chi connectivity index (χ2n) is 10.3. The summed E-state index contributed by atoms with van der Waals surface area (Å²) in [6.45, 7) is 1.69. The fraction of sp³-hybridized carbons (Fsp3) is 0.276. The lowest BCUT2D eigenvalue weighted by Crippen LogP contribution is -2.51. The van der Waals surface area contributed by atoms with Crippen LogP contribution in [-0.2, 0) is 17.7 Å². The highest BCUT2D eigenvalue weighted by Crippen LogP contribution is 2.47. The Kier molecular flexibility index (Phi) is 6.73. The Labute approximate surface area is 225 Å². The third-order valence-corrected chi connectivity index (χ3v) is 6.95. The first-order valence-corrected chi connectivity index (χ1v) is 12.3. The summed E-state index contributed by atoms with van der Waals surface area (Å²) in [5, 5.41) is 13.7. The fourth-order valence-corrected chi connectivity index (χ4v) is 4.57. The molecule has 1 aliphatic rings. The molecule has 4 aromatic rings. The molecule has 0 spiro atoms. The van der Waals surface area contributed by atoms with Crippen molar-refractivity contribution >= 4 is 16.8 Å². The molecule has 1 atom stereocenters. The number of aliphatic hydroxyl groups is 1. The van der Waals surface area contributed by atoms with E-state index in [0.29, 0.717) is 22.0 Å². The van der Waals surface area contributed by atoms with Gasteiger partial charge < -0.3 is 15.2 Å². The lowest BCUT2D eigenvalue weighted by Gasteiger charge is -2.31. The van der Waals surface area contributed by atoms with Gasteiger partial charge in [-0.05, 0) is 54.6 Å². The van der Waals surface area contributed by atoms with Gasteiger partial charge in [-0.3, -0.25) is 9.78 Å². The van der Waals surface area contributed by atoms with Crippen LogP contribution in [-0.4, -0.2) is 40.3 Å². The Bertz CT molecular complexity index is 1610. The average molecular weight is 558 g/mol. The van der Waals surface area contributed by atoms with Gasteiger partial charge in [0.25, 0.3) is 5.91 Å². The van der Waals surface area contributed by atoms with E-state index in [1.165, 1.54) is 42.6 Å². The second kappa shape index (κ2) is 9.81. The highest BCUT2D eigenvalue weighted by atomic mass is 19.4. The maximum absolute atomic E-state index is 14.5. The summed E-state index contributed by atoms with van der Waals surface area (Å²) in [6, 6.07) is 11.8. The maximum Gasteiger partial charge on any atom is 0.424 e. The molecule has 6 nitrogen and oxygen atoms in total. The van der Waals surface area contributed by atoms with Crippen molar-refractivity contribution in [2.75, 3.05) is 13.2 Å². The number of aromatic nitrogens is 2. The van der Waals surface area contributed by atoms with E-state index in [4.69, 9.17) is 4.74 Å². The predicted octanol–water partition coefficient (Wildman–Crippen LogP) is 5.76. The van der Waals surface area contributed by atoms with Gasteiger partial charge >= 0.3 is 6.18 Å². The van der Waals surface area contributed by atoms with Gasteiger partial charge in [-0.25, -0.2) is 13.8 Å². The molecule has 11 heteroatoms. The lowest BCUT2D eigenvalue weighted by atomic mass is 9.84. The monoisotopic (exact) mass is 557 g/mol. The molecule has 40 heavy (non-hydrogen) atoms. The molecular weight excluding hydrogens is 533 g/mol. The molecule has 0 fully saturated rings. The van der Waals surface area contributed by atoms with Gasteiger partial charge in [-0.1, -0.05) is 13.8 Å². The zero-order valence-corrected chi connectivity index (χ0v) is 21.4. The number of alkyl halides is 4. The molecule has 0 saturated carbocycles. The molecule has 0 aliphatic carbocycles. The van der Waals surface area contributed by atoms with Gasteiger partial charge in [0.05, 0.1) is 24.4 Å². The van der Waals surface area contributed by atoms with Gasteiger partial charge in [-0.2, -0.15) is 13.2 Å². The first-order valence-electron chi connectivity index (χ1n) is 12.3. The minimum Gasteiger partial charge on any atom is -0.490 e. The van der Waals surface area contributed by atoms with E-state index < -0.39 is 47.8 Å². The van der Waals surface area contributed by atoms with Crippen LogP contribution in [0.25, 0.3) is 22.2 Å². The molecular formula is C29H24F5N3O3. The number of nitrogens with one attached hydrogen (secondary N) is 1. The summed E-state index contributed by atoms with van der Waals surface area (Å²) in [5.74, 6) is -1.19. The lowest BCUT2D eigenvalue weighted by molar-refractivity contribution is -0.265. The number of halogens is 5. The molecule has 2 aromatic carbocycles. The number of amides is 1. The maximum atomic E-state index is 14.5. The SMILES string of the molecule is CC1(C)COc2c1cc([C@@](O)(CNC(=O)c1ccc3ncc(CF)cc3c1)C(F)(F)F)nc2-c1ccc(F)cc1. The first-order chi connectivity index (χ1) is 18.8. The highest BCUT2D eigenvalue weighted by Gasteiger charge is 2.57. The Morgan fingerprint density at radius 3 is 2.50 bits per heavy atom. The largest absolute Gasteiger partial charge is 0.490 e. The normalized spacial score (nSPS) is 15.8. The van der Waals surface area contributed by atoms with Crippen molar-refractivity contribution < 1.29 is 36.6 Å². The zero-order valence-electron chi connectivity index (χ0n) is 21.4. The summed E-state index contributed by atoms with van der Waals surface area (Å²) in [4.78, 5) is 21.1. The molecule has 1 aliphatic heterocycles. The minimum atomic E-state index is -5.24. The summed E-state index contributed by atoms with van der Waals surface area (Å²) >= 11 is 0. The molecule has 0 unspecified atom stereocenters. The van der Waals surface area contributed by atoms with Crippen molar-refractivity contribution in [1.29, 1.82) is 0 Å². The van der Waals surface area contributed by atoms with Gasteiger partial charge in [-0.15, -0.1) is 0 Å². The van der Waals surface area contributed by atoms with Crippen molar-refractivity contribution in [2.24, 2.45) is 0 Å². The molecule has 208 valence electrons. The number of carbonyl (C=O) groups excluding carboxylic acids is 1. The number of ether oxygens (including phenoxy) is 1. The van der Waals surface area contributed by atoms with Gasteiger partial charge in [0.15, 0.2) is 0 Å². The number of rotatable bonds is 6. The van der Waals surface area contributed by atoms with Crippen LogP contribution in [0.3, 0.4) is 0 Å². The number of hydrogen-bond acceptors (Lipinski definition) is 5. The van der Waals surface area contributed by atoms with Crippen molar-refractivity contribution in [1.82, 2.24) is 15.3 Å².